The molecule has 8 heteroatoms. The van der Waals surface area contributed by atoms with Gasteiger partial charge in [-0.3, -0.25) is 4.79 Å². The summed E-state index contributed by atoms with van der Waals surface area (Å²) in [6, 6.07) is 1.36. The third kappa shape index (κ3) is 4.92. The van der Waals surface area contributed by atoms with Crippen LogP contribution in [0.5, 0.6) is 0 Å². The predicted molar refractivity (Wildman–Crippen MR) is 97.3 cm³/mol. The summed E-state index contributed by atoms with van der Waals surface area (Å²) < 4.78 is 6.78. The minimum Gasteiger partial charge on any atom is -0.444 e. The Labute approximate surface area is 151 Å². The van der Waals surface area contributed by atoms with Gasteiger partial charge in [0.25, 0.3) is 0 Å². The standard InChI is InChI=1S/C18H23N5O3/c1-6-12(2)16(20-11-24)13-7-15-22-14(10-23(15)21-8-13)9-19-17(25)26-18(3,4)5/h6-8,10-11,16H,1-2,9H2,3-5H3,(H,19,25)(H,20,24)/t16-/m1/s1. The van der Waals surface area contributed by atoms with Crippen LogP contribution in [0.2, 0.25) is 0 Å². The van der Waals surface area contributed by atoms with E-state index >= 15 is 0 Å². The summed E-state index contributed by atoms with van der Waals surface area (Å²) in [5.41, 5.74) is 2.02. The van der Waals surface area contributed by atoms with E-state index in [1.807, 2.05) is 0 Å². The lowest BCUT2D eigenvalue weighted by molar-refractivity contribution is -0.110. The Balaban J connectivity index is 2.16. The number of hydrogen-bond donors (Lipinski definition) is 2. The molecule has 1 atom stereocenters. The van der Waals surface area contributed by atoms with Crippen LogP contribution in [-0.2, 0) is 16.1 Å². The Hall–Kier alpha value is -3.16. The first-order valence-electron chi connectivity index (χ1n) is 8.05. The quantitative estimate of drug-likeness (QED) is 0.585. The zero-order chi connectivity index (χ0) is 19.3. The van der Waals surface area contributed by atoms with Crippen molar-refractivity contribution in [3.63, 3.8) is 0 Å². The molecule has 0 unspecified atom stereocenters. The summed E-state index contributed by atoms with van der Waals surface area (Å²) in [7, 11) is 0. The van der Waals surface area contributed by atoms with Gasteiger partial charge in [-0.05, 0) is 32.4 Å². The number of rotatable bonds is 7. The molecule has 0 aromatic carbocycles. The minimum atomic E-state index is -0.562. The molecule has 2 amide bonds. The van der Waals surface area contributed by atoms with E-state index in [-0.39, 0.29) is 6.54 Å². The highest BCUT2D eigenvalue weighted by atomic mass is 16.6. The summed E-state index contributed by atoms with van der Waals surface area (Å²) in [5, 5.41) is 9.62. The van der Waals surface area contributed by atoms with Gasteiger partial charge in [-0.25, -0.2) is 14.3 Å². The van der Waals surface area contributed by atoms with Gasteiger partial charge in [0.05, 0.1) is 30.7 Å². The molecule has 8 nitrogen and oxygen atoms in total. The van der Waals surface area contributed by atoms with Crippen LogP contribution in [0.4, 0.5) is 4.79 Å². The van der Waals surface area contributed by atoms with Gasteiger partial charge in [0.2, 0.25) is 6.41 Å². The van der Waals surface area contributed by atoms with Gasteiger partial charge in [-0.1, -0.05) is 19.2 Å². The van der Waals surface area contributed by atoms with Crippen molar-refractivity contribution in [2.45, 2.75) is 39.0 Å². The van der Waals surface area contributed by atoms with Gasteiger partial charge in [0.15, 0.2) is 5.65 Å². The normalized spacial score (nSPS) is 12.3. The fraction of sp³-hybridized carbons (Fsp3) is 0.333. The Morgan fingerprint density at radius 3 is 2.81 bits per heavy atom. The fourth-order valence-electron chi connectivity index (χ4n) is 2.26. The van der Waals surface area contributed by atoms with Gasteiger partial charge in [0.1, 0.15) is 5.60 Å². The average Bonchev–Trinajstić information content (AvgIpc) is 2.97. The molecule has 0 fully saturated rings. The summed E-state index contributed by atoms with van der Waals surface area (Å²) in [6.07, 6.45) is 5.00. The van der Waals surface area contributed by atoms with Gasteiger partial charge in [-0.2, -0.15) is 5.10 Å². The third-order valence-corrected chi connectivity index (χ3v) is 3.40. The average molecular weight is 357 g/mol. The van der Waals surface area contributed by atoms with Crippen LogP contribution in [0.25, 0.3) is 5.65 Å². The lowest BCUT2D eigenvalue weighted by Crippen LogP contribution is -2.32. The lowest BCUT2D eigenvalue weighted by atomic mass is 10.0. The van der Waals surface area contributed by atoms with Crippen molar-refractivity contribution in [1.29, 1.82) is 0 Å². The Bertz CT molecular complexity index is 835. The van der Waals surface area contributed by atoms with Crippen LogP contribution in [-0.4, -0.2) is 32.7 Å². The van der Waals surface area contributed by atoms with Crippen molar-refractivity contribution in [2.75, 3.05) is 0 Å². The minimum absolute atomic E-state index is 0.211. The maximum absolute atomic E-state index is 11.7. The maximum atomic E-state index is 11.7. The summed E-state index contributed by atoms with van der Waals surface area (Å²) in [4.78, 5) is 27.0. The molecule has 0 spiro atoms. The van der Waals surface area contributed by atoms with Gasteiger partial charge in [-0.15, -0.1) is 0 Å². The molecule has 0 aliphatic rings. The van der Waals surface area contributed by atoms with Crippen molar-refractivity contribution in [2.24, 2.45) is 0 Å². The number of nitrogens with zero attached hydrogens (tertiary/aromatic N) is 3. The second kappa shape index (κ2) is 7.81. The number of imidazole rings is 1. The largest absolute Gasteiger partial charge is 0.444 e. The van der Waals surface area contributed by atoms with E-state index in [0.717, 1.165) is 5.56 Å². The van der Waals surface area contributed by atoms with Crippen LogP contribution in [0.15, 0.2) is 43.3 Å². The van der Waals surface area contributed by atoms with Crippen LogP contribution in [0, 0.1) is 0 Å². The second-order valence-electron chi connectivity index (χ2n) is 6.68. The van der Waals surface area contributed by atoms with Gasteiger partial charge >= 0.3 is 6.09 Å². The number of aromatic nitrogens is 3. The molecule has 2 heterocycles. The Morgan fingerprint density at radius 1 is 1.46 bits per heavy atom. The fourth-order valence-corrected chi connectivity index (χ4v) is 2.26. The van der Waals surface area contributed by atoms with E-state index < -0.39 is 17.7 Å². The van der Waals surface area contributed by atoms with Crippen LogP contribution in [0.3, 0.4) is 0 Å². The molecule has 26 heavy (non-hydrogen) atoms. The molecular weight excluding hydrogens is 334 g/mol. The molecule has 2 rings (SSSR count). The molecule has 0 aliphatic heterocycles. The number of carbonyl (C=O) groups is 2. The topological polar surface area (TPSA) is 97.6 Å². The van der Waals surface area contributed by atoms with Gasteiger partial charge < -0.3 is 15.4 Å². The first-order valence-corrected chi connectivity index (χ1v) is 8.05. The summed E-state index contributed by atoms with van der Waals surface area (Å²) in [6.45, 7) is 13.1. The maximum Gasteiger partial charge on any atom is 0.407 e. The van der Waals surface area contributed by atoms with E-state index in [0.29, 0.717) is 23.3 Å². The molecule has 2 aromatic rings. The number of amides is 2. The molecule has 2 N–H and O–H groups in total. The zero-order valence-electron chi connectivity index (χ0n) is 15.2. The number of carbonyl (C=O) groups excluding carboxylic acids is 2. The van der Waals surface area contributed by atoms with Gasteiger partial charge in [0, 0.05) is 5.56 Å². The van der Waals surface area contributed by atoms with Crippen LogP contribution < -0.4 is 10.6 Å². The molecule has 0 aliphatic carbocycles. The number of hydrogen-bond acceptors (Lipinski definition) is 5. The smallest absolute Gasteiger partial charge is 0.407 e. The molecule has 0 bridgehead atoms. The van der Waals surface area contributed by atoms with Crippen molar-refractivity contribution >= 4 is 18.2 Å². The number of ether oxygens (including phenoxy) is 1. The Morgan fingerprint density at radius 2 is 2.19 bits per heavy atom. The van der Waals surface area contributed by atoms with E-state index in [9.17, 15) is 9.59 Å². The first kappa shape index (κ1) is 19.2. The highest BCUT2D eigenvalue weighted by molar-refractivity contribution is 5.67. The van der Waals surface area contributed by atoms with Crippen molar-refractivity contribution < 1.29 is 14.3 Å². The highest BCUT2D eigenvalue weighted by Gasteiger charge is 2.17. The molecule has 0 saturated carbocycles. The van der Waals surface area contributed by atoms with Crippen LogP contribution in [0.1, 0.15) is 38.1 Å². The van der Waals surface area contributed by atoms with Crippen molar-refractivity contribution in [3.8, 4) is 0 Å². The monoisotopic (exact) mass is 357 g/mol. The molecule has 0 radical (unpaired) electrons. The summed E-state index contributed by atoms with van der Waals surface area (Å²) in [5.74, 6) is 0. The second-order valence-corrected chi connectivity index (χ2v) is 6.68. The number of nitrogens with one attached hydrogen (secondary N) is 2. The zero-order valence-corrected chi connectivity index (χ0v) is 15.2. The Kier molecular flexibility index (Phi) is 5.76. The lowest BCUT2D eigenvalue weighted by Gasteiger charge is -2.19. The molecular formula is C18H23N5O3. The number of fused-ring (bicyclic) bond motifs is 1. The van der Waals surface area contributed by atoms with E-state index in [2.05, 4.69) is 33.9 Å². The summed E-state index contributed by atoms with van der Waals surface area (Å²) >= 11 is 0. The molecule has 138 valence electrons. The molecule has 0 saturated heterocycles. The predicted octanol–water partition coefficient (Wildman–Crippen LogP) is 2.28. The van der Waals surface area contributed by atoms with E-state index in [4.69, 9.17) is 4.74 Å². The first-order chi connectivity index (χ1) is 12.2. The third-order valence-electron chi connectivity index (χ3n) is 3.40. The van der Waals surface area contributed by atoms with E-state index in [1.165, 1.54) is 0 Å². The number of alkyl carbamates (subject to hydrolysis) is 1. The van der Waals surface area contributed by atoms with E-state index in [1.54, 1.807) is 49.8 Å². The molecule has 2 aromatic heterocycles. The SMILES string of the molecule is C=CC(=C)[C@@H](NC=O)c1cnn2cc(CNC(=O)OC(C)(C)C)nc2c1. The van der Waals surface area contributed by atoms with Crippen LogP contribution >= 0.6 is 0 Å². The van der Waals surface area contributed by atoms with Crippen molar-refractivity contribution in [1.82, 2.24) is 25.2 Å². The van der Waals surface area contributed by atoms with Crippen molar-refractivity contribution in [3.05, 3.63) is 54.5 Å². The highest BCUT2D eigenvalue weighted by Crippen LogP contribution is 2.21.